The summed E-state index contributed by atoms with van der Waals surface area (Å²) in [6.07, 6.45) is -2.88. The number of aliphatic carboxylic acids is 1. The van der Waals surface area contributed by atoms with E-state index in [4.69, 9.17) is 21.5 Å². The fourth-order valence-electron chi connectivity index (χ4n) is 3.11. The molecule has 3 heterocycles. The van der Waals surface area contributed by atoms with Gasteiger partial charge in [0.15, 0.2) is 0 Å². The molecule has 0 bridgehead atoms. The predicted octanol–water partition coefficient (Wildman–Crippen LogP) is 3.72. The molecule has 0 amide bonds. The Hall–Kier alpha value is -2.52. The van der Waals surface area contributed by atoms with E-state index in [-0.39, 0.29) is 11.6 Å². The van der Waals surface area contributed by atoms with E-state index in [1.165, 1.54) is 0 Å². The summed E-state index contributed by atoms with van der Waals surface area (Å²) in [7, 11) is 0. The lowest BCUT2D eigenvalue weighted by Crippen LogP contribution is -2.21. The third-order valence-electron chi connectivity index (χ3n) is 4.26. The number of H-pyrrole nitrogens is 2. The average molecular weight is 402 g/mol. The number of aromatic nitrogens is 2. The van der Waals surface area contributed by atoms with Crippen LogP contribution < -0.4 is 10.9 Å². The topological polar surface area (TPSA) is 98.0 Å². The number of alkyl halides is 3. The van der Waals surface area contributed by atoms with Crippen LogP contribution in [0.3, 0.4) is 0 Å². The molecular weight excluding hydrogens is 387 g/mol. The van der Waals surface area contributed by atoms with Gasteiger partial charge in [0.2, 0.25) is 5.56 Å². The lowest BCUT2D eigenvalue weighted by Gasteiger charge is -2.11. The molecule has 0 radical (unpaired) electrons. The number of hydrogen-bond donors (Lipinski definition) is 4. The van der Waals surface area contributed by atoms with Gasteiger partial charge < -0.3 is 20.4 Å². The highest BCUT2D eigenvalue weighted by atomic mass is 35.5. The van der Waals surface area contributed by atoms with Crippen LogP contribution in [0.1, 0.15) is 24.4 Å². The van der Waals surface area contributed by atoms with E-state index in [2.05, 4.69) is 15.3 Å². The molecule has 0 spiro atoms. The van der Waals surface area contributed by atoms with Gasteiger partial charge in [-0.25, -0.2) is 4.79 Å². The number of hydrogen-bond acceptors (Lipinski definition) is 3. The number of carbonyl (C=O) groups is 1. The largest absolute Gasteiger partial charge is 0.490 e. The third kappa shape index (κ3) is 4.09. The van der Waals surface area contributed by atoms with Crippen molar-refractivity contribution < 1.29 is 23.1 Å². The lowest BCUT2D eigenvalue weighted by atomic mass is 10.0. The maximum Gasteiger partial charge on any atom is 0.490 e. The quantitative estimate of drug-likeness (QED) is 0.499. The number of fused-ring (bicyclic) bond motifs is 3. The van der Waals surface area contributed by atoms with Gasteiger partial charge in [0.25, 0.3) is 0 Å². The summed E-state index contributed by atoms with van der Waals surface area (Å²) in [5, 5.41) is 12.2. The Kier molecular flexibility index (Phi) is 5.16. The number of nitrogens with one attached hydrogen (secondary N) is 3. The van der Waals surface area contributed by atoms with Crippen molar-refractivity contribution >= 4 is 39.5 Å². The number of aromatic amines is 2. The summed E-state index contributed by atoms with van der Waals surface area (Å²) in [5.74, 6) is -2.76. The van der Waals surface area contributed by atoms with Crippen LogP contribution in [0.4, 0.5) is 13.2 Å². The highest BCUT2D eigenvalue weighted by Gasteiger charge is 2.38. The van der Waals surface area contributed by atoms with Gasteiger partial charge in [0, 0.05) is 33.6 Å². The standard InChI is InChI=1S/C15H14ClN3O.C2HF3O2/c16-8-3-4-12-9(6-8)15-14(18-12)10(7-13(20)19-15)11-2-1-5-17-11;3-2(4,5)1(6)7/h3-4,6-7,11,17-18H,1-2,5H2,(H,19,20);(H,6,7). The zero-order chi connectivity index (χ0) is 19.8. The summed E-state index contributed by atoms with van der Waals surface area (Å²) < 4.78 is 31.7. The number of carboxylic acid groups (broad SMARTS) is 1. The average Bonchev–Trinajstić information content (AvgIpc) is 3.22. The van der Waals surface area contributed by atoms with Crippen LogP contribution in [0.25, 0.3) is 21.9 Å². The summed E-state index contributed by atoms with van der Waals surface area (Å²) in [5.41, 5.74) is 3.82. The van der Waals surface area contributed by atoms with E-state index < -0.39 is 12.1 Å². The number of pyridine rings is 1. The zero-order valence-electron chi connectivity index (χ0n) is 13.8. The summed E-state index contributed by atoms with van der Waals surface area (Å²) in [6.45, 7) is 1.00. The van der Waals surface area contributed by atoms with Gasteiger partial charge in [-0.2, -0.15) is 13.2 Å². The van der Waals surface area contributed by atoms with Gasteiger partial charge >= 0.3 is 12.1 Å². The van der Waals surface area contributed by atoms with Crippen molar-refractivity contribution in [3.05, 3.63) is 45.2 Å². The minimum atomic E-state index is -5.08. The SMILES string of the molecule is O=C(O)C(F)(F)F.O=c1cc(C2CCCN2)c2[nH]c3ccc(Cl)cc3c2[nH]1. The lowest BCUT2D eigenvalue weighted by molar-refractivity contribution is -0.192. The van der Waals surface area contributed by atoms with Crippen LogP contribution in [0.2, 0.25) is 5.02 Å². The van der Waals surface area contributed by atoms with Crippen molar-refractivity contribution in [3.63, 3.8) is 0 Å². The van der Waals surface area contributed by atoms with Crippen molar-refractivity contribution in [1.82, 2.24) is 15.3 Å². The molecular formula is C17H15ClF3N3O3. The molecule has 0 aliphatic carbocycles. The van der Waals surface area contributed by atoms with E-state index in [1.54, 1.807) is 6.07 Å². The van der Waals surface area contributed by atoms with Crippen molar-refractivity contribution in [2.45, 2.75) is 25.1 Å². The molecule has 4 rings (SSSR count). The van der Waals surface area contributed by atoms with E-state index in [9.17, 15) is 18.0 Å². The highest BCUT2D eigenvalue weighted by Crippen LogP contribution is 2.32. The molecule has 2 aromatic heterocycles. The maximum atomic E-state index is 12.0. The molecule has 6 nitrogen and oxygen atoms in total. The molecule has 1 aliphatic heterocycles. The van der Waals surface area contributed by atoms with Crippen LogP contribution in [0.15, 0.2) is 29.1 Å². The fraction of sp³-hybridized carbons (Fsp3) is 0.294. The smallest absolute Gasteiger partial charge is 0.475 e. The zero-order valence-corrected chi connectivity index (χ0v) is 14.5. The van der Waals surface area contributed by atoms with E-state index >= 15 is 0 Å². The summed E-state index contributed by atoms with van der Waals surface area (Å²) in [6, 6.07) is 7.63. The van der Waals surface area contributed by atoms with Gasteiger partial charge in [-0.3, -0.25) is 4.79 Å². The second-order valence-corrected chi connectivity index (χ2v) is 6.54. The first-order valence-corrected chi connectivity index (χ1v) is 8.42. The first kappa shape index (κ1) is 19.2. The molecule has 27 heavy (non-hydrogen) atoms. The Morgan fingerprint density at radius 2 is 1.89 bits per heavy atom. The highest BCUT2D eigenvalue weighted by molar-refractivity contribution is 6.31. The molecule has 1 saturated heterocycles. The van der Waals surface area contributed by atoms with E-state index in [0.29, 0.717) is 5.02 Å². The molecule has 4 N–H and O–H groups in total. The first-order valence-electron chi connectivity index (χ1n) is 8.04. The van der Waals surface area contributed by atoms with Crippen molar-refractivity contribution in [2.75, 3.05) is 6.54 Å². The van der Waals surface area contributed by atoms with Crippen molar-refractivity contribution in [3.8, 4) is 0 Å². The van der Waals surface area contributed by atoms with E-state index in [1.807, 2.05) is 18.2 Å². The minimum Gasteiger partial charge on any atom is -0.475 e. The monoisotopic (exact) mass is 401 g/mol. The second kappa shape index (κ2) is 7.24. The minimum absolute atomic E-state index is 0.0675. The summed E-state index contributed by atoms with van der Waals surface area (Å²) >= 11 is 6.06. The van der Waals surface area contributed by atoms with Crippen LogP contribution in [0.5, 0.6) is 0 Å². The van der Waals surface area contributed by atoms with Gasteiger partial charge in [-0.05, 0) is 37.6 Å². The Labute approximate surface area is 155 Å². The molecule has 1 aromatic carbocycles. The fourth-order valence-corrected chi connectivity index (χ4v) is 3.28. The molecule has 3 aromatic rings. The molecule has 144 valence electrons. The molecule has 10 heteroatoms. The molecule has 1 fully saturated rings. The number of benzene rings is 1. The van der Waals surface area contributed by atoms with E-state index in [0.717, 1.165) is 46.9 Å². The number of halogens is 4. The maximum absolute atomic E-state index is 12.0. The predicted molar refractivity (Wildman–Crippen MR) is 95.1 cm³/mol. The Morgan fingerprint density at radius 3 is 2.48 bits per heavy atom. The normalized spacial score (nSPS) is 17.1. The Bertz CT molecular complexity index is 1050. The third-order valence-corrected chi connectivity index (χ3v) is 4.50. The Balaban J connectivity index is 0.000000260. The van der Waals surface area contributed by atoms with Crippen LogP contribution in [0, 0.1) is 0 Å². The van der Waals surface area contributed by atoms with Gasteiger partial charge in [-0.15, -0.1) is 0 Å². The van der Waals surface area contributed by atoms with Gasteiger partial charge in [-0.1, -0.05) is 11.6 Å². The number of rotatable bonds is 1. The molecule has 1 aliphatic rings. The number of carboxylic acids is 1. The van der Waals surface area contributed by atoms with Crippen molar-refractivity contribution in [1.29, 1.82) is 0 Å². The Morgan fingerprint density at radius 1 is 1.19 bits per heavy atom. The van der Waals surface area contributed by atoms with Crippen LogP contribution >= 0.6 is 11.6 Å². The molecule has 0 saturated carbocycles. The van der Waals surface area contributed by atoms with Gasteiger partial charge in [0.05, 0.1) is 11.0 Å². The van der Waals surface area contributed by atoms with Crippen molar-refractivity contribution in [2.24, 2.45) is 0 Å². The molecule has 1 unspecified atom stereocenters. The van der Waals surface area contributed by atoms with Crippen LogP contribution in [-0.2, 0) is 4.79 Å². The summed E-state index contributed by atoms with van der Waals surface area (Å²) in [4.78, 5) is 27.2. The van der Waals surface area contributed by atoms with Gasteiger partial charge in [0.1, 0.15) is 0 Å². The second-order valence-electron chi connectivity index (χ2n) is 6.11. The van der Waals surface area contributed by atoms with Crippen LogP contribution in [-0.4, -0.2) is 33.8 Å². The first-order chi connectivity index (χ1) is 12.7. The molecule has 1 atom stereocenters.